The monoisotopic (exact) mass is 310 g/mol. The van der Waals surface area contributed by atoms with Crippen LogP contribution >= 0.6 is 0 Å². The zero-order chi connectivity index (χ0) is 15.8. The molecule has 2 N–H and O–H groups in total. The van der Waals surface area contributed by atoms with Crippen LogP contribution in [0, 0.1) is 0 Å². The standard InChI is InChI=1S/C19H22N2O2/c20-18-8-15(14-6-7-14)11-21(19(18)22)16-9-17(10-16)23-12-13-4-2-1-3-5-13/h1-5,8,11,14,16-17H,6-7,9-10,12,20H2/t16-,17+. The van der Waals surface area contributed by atoms with E-state index in [-0.39, 0.29) is 17.7 Å². The maximum absolute atomic E-state index is 12.3. The van der Waals surface area contributed by atoms with Crippen molar-refractivity contribution in [3.63, 3.8) is 0 Å². The maximum atomic E-state index is 12.3. The number of nitrogens with zero attached hydrogens (tertiary/aromatic N) is 1. The highest BCUT2D eigenvalue weighted by Gasteiger charge is 2.33. The van der Waals surface area contributed by atoms with Crippen LogP contribution < -0.4 is 11.3 Å². The molecule has 0 bridgehead atoms. The second-order valence-electron chi connectivity index (χ2n) is 6.76. The Morgan fingerprint density at radius 2 is 1.91 bits per heavy atom. The molecule has 4 heteroatoms. The summed E-state index contributed by atoms with van der Waals surface area (Å²) in [6, 6.07) is 12.3. The van der Waals surface area contributed by atoms with Gasteiger partial charge < -0.3 is 15.0 Å². The topological polar surface area (TPSA) is 57.2 Å². The summed E-state index contributed by atoms with van der Waals surface area (Å²) < 4.78 is 7.77. The average Bonchev–Trinajstić information content (AvgIpc) is 3.35. The van der Waals surface area contributed by atoms with Gasteiger partial charge >= 0.3 is 0 Å². The van der Waals surface area contributed by atoms with E-state index in [0.717, 1.165) is 12.8 Å². The number of anilines is 1. The van der Waals surface area contributed by atoms with Gasteiger partial charge in [-0.3, -0.25) is 4.79 Å². The van der Waals surface area contributed by atoms with Gasteiger partial charge in [0.25, 0.3) is 5.56 Å². The first kappa shape index (κ1) is 14.5. The van der Waals surface area contributed by atoms with E-state index in [9.17, 15) is 4.79 Å². The summed E-state index contributed by atoms with van der Waals surface area (Å²) in [6.07, 6.45) is 6.46. The van der Waals surface area contributed by atoms with E-state index in [4.69, 9.17) is 10.5 Å². The summed E-state index contributed by atoms with van der Waals surface area (Å²) in [5, 5.41) is 0. The van der Waals surface area contributed by atoms with Crippen molar-refractivity contribution in [3.05, 3.63) is 64.1 Å². The van der Waals surface area contributed by atoms with Crippen molar-refractivity contribution in [1.29, 1.82) is 0 Å². The number of ether oxygens (including phenoxy) is 1. The highest BCUT2D eigenvalue weighted by Crippen LogP contribution is 2.41. The van der Waals surface area contributed by atoms with E-state index in [1.165, 1.54) is 24.0 Å². The van der Waals surface area contributed by atoms with Crippen LogP contribution in [0.25, 0.3) is 0 Å². The molecule has 0 spiro atoms. The zero-order valence-electron chi connectivity index (χ0n) is 13.2. The first-order valence-corrected chi connectivity index (χ1v) is 8.38. The Kier molecular flexibility index (Phi) is 3.69. The van der Waals surface area contributed by atoms with Crippen molar-refractivity contribution < 1.29 is 4.74 Å². The van der Waals surface area contributed by atoms with E-state index in [0.29, 0.717) is 18.2 Å². The van der Waals surface area contributed by atoms with Gasteiger partial charge in [0.15, 0.2) is 0 Å². The molecule has 2 saturated carbocycles. The summed E-state index contributed by atoms with van der Waals surface area (Å²) in [6.45, 7) is 0.636. The number of rotatable bonds is 5. The van der Waals surface area contributed by atoms with Crippen LogP contribution in [-0.4, -0.2) is 10.7 Å². The average molecular weight is 310 g/mol. The summed E-state index contributed by atoms with van der Waals surface area (Å²) in [5.74, 6) is 0.606. The van der Waals surface area contributed by atoms with Crippen molar-refractivity contribution in [2.45, 2.75) is 50.4 Å². The molecule has 120 valence electrons. The van der Waals surface area contributed by atoms with Crippen LogP contribution in [-0.2, 0) is 11.3 Å². The minimum atomic E-state index is -0.0547. The largest absolute Gasteiger partial charge is 0.394 e. The van der Waals surface area contributed by atoms with Crippen LogP contribution in [0.15, 0.2) is 47.4 Å². The number of nitrogens with two attached hydrogens (primary N) is 1. The summed E-state index contributed by atoms with van der Waals surface area (Å²) in [7, 11) is 0. The molecule has 0 atom stereocenters. The second kappa shape index (κ2) is 5.85. The smallest absolute Gasteiger partial charge is 0.273 e. The molecule has 2 aliphatic carbocycles. The van der Waals surface area contributed by atoms with E-state index in [1.54, 1.807) is 0 Å². The van der Waals surface area contributed by atoms with Gasteiger partial charge in [-0.25, -0.2) is 0 Å². The fourth-order valence-electron chi connectivity index (χ4n) is 3.25. The maximum Gasteiger partial charge on any atom is 0.273 e. The molecule has 1 aromatic carbocycles. The molecule has 2 fully saturated rings. The second-order valence-corrected chi connectivity index (χ2v) is 6.76. The van der Waals surface area contributed by atoms with E-state index in [2.05, 4.69) is 12.1 Å². The third-order valence-corrected chi connectivity index (χ3v) is 4.93. The molecule has 2 aliphatic rings. The third kappa shape index (κ3) is 3.04. The molecule has 0 radical (unpaired) electrons. The molecule has 1 heterocycles. The summed E-state index contributed by atoms with van der Waals surface area (Å²) >= 11 is 0. The van der Waals surface area contributed by atoms with Crippen molar-refractivity contribution >= 4 is 5.69 Å². The van der Waals surface area contributed by atoms with Crippen LogP contribution in [0.5, 0.6) is 0 Å². The van der Waals surface area contributed by atoms with E-state index < -0.39 is 0 Å². The zero-order valence-corrected chi connectivity index (χ0v) is 13.2. The van der Waals surface area contributed by atoms with Gasteiger partial charge in [-0.05, 0) is 48.8 Å². The molecule has 23 heavy (non-hydrogen) atoms. The normalized spacial score (nSPS) is 23.5. The lowest BCUT2D eigenvalue weighted by atomic mass is 9.88. The number of hydrogen-bond acceptors (Lipinski definition) is 3. The molecular weight excluding hydrogens is 288 g/mol. The Labute approximate surface area is 135 Å². The highest BCUT2D eigenvalue weighted by atomic mass is 16.5. The minimum Gasteiger partial charge on any atom is -0.394 e. The Bertz CT molecular complexity index is 744. The molecule has 0 amide bonds. The highest BCUT2D eigenvalue weighted by molar-refractivity contribution is 5.40. The van der Waals surface area contributed by atoms with Crippen LogP contribution in [0.1, 0.15) is 48.8 Å². The minimum absolute atomic E-state index is 0.0547. The Balaban J connectivity index is 1.39. The lowest BCUT2D eigenvalue weighted by Gasteiger charge is -2.36. The van der Waals surface area contributed by atoms with E-state index >= 15 is 0 Å². The van der Waals surface area contributed by atoms with Crippen molar-refractivity contribution in [3.8, 4) is 0 Å². The predicted octanol–water partition coefficient (Wildman–Crippen LogP) is 3.23. The fourth-order valence-corrected chi connectivity index (χ4v) is 3.25. The van der Waals surface area contributed by atoms with Gasteiger partial charge in [-0.15, -0.1) is 0 Å². The number of pyridine rings is 1. The van der Waals surface area contributed by atoms with Crippen LogP contribution in [0.4, 0.5) is 5.69 Å². The Morgan fingerprint density at radius 3 is 2.61 bits per heavy atom. The van der Waals surface area contributed by atoms with Gasteiger partial charge in [0.1, 0.15) is 0 Å². The van der Waals surface area contributed by atoms with Crippen LogP contribution in [0.2, 0.25) is 0 Å². The van der Waals surface area contributed by atoms with Crippen molar-refractivity contribution in [1.82, 2.24) is 4.57 Å². The van der Waals surface area contributed by atoms with E-state index in [1.807, 2.05) is 35.0 Å². The molecule has 1 aromatic heterocycles. The molecule has 4 rings (SSSR count). The quantitative estimate of drug-likeness (QED) is 0.922. The number of benzene rings is 1. The first-order chi connectivity index (χ1) is 11.2. The Morgan fingerprint density at radius 1 is 1.17 bits per heavy atom. The molecule has 0 aliphatic heterocycles. The van der Waals surface area contributed by atoms with Crippen LogP contribution in [0.3, 0.4) is 0 Å². The van der Waals surface area contributed by atoms with Crippen molar-refractivity contribution in [2.24, 2.45) is 0 Å². The third-order valence-electron chi connectivity index (χ3n) is 4.93. The fraction of sp³-hybridized carbons (Fsp3) is 0.421. The number of aromatic nitrogens is 1. The lowest BCUT2D eigenvalue weighted by Crippen LogP contribution is -2.38. The SMILES string of the molecule is Nc1cc(C2CC2)cn([C@H]2C[C@@H](OCc3ccccc3)C2)c1=O. The Hall–Kier alpha value is -2.07. The van der Waals surface area contributed by atoms with Gasteiger partial charge in [-0.2, -0.15) is 0 Å². The van der Waals surface area contributed by atoms with Gasteiger partial charge in [0.05, 0.1) is 18.4 Å². The lowest BCUT2D eigenvalue weighted by molar-refractivity contribution is -0.0364. The number of nitrogen functional groups attached to an aromatic ring is 1. The molecule has 0 saturated heterocycles. The first-order valence-electron chi connectivity index (χ1n) is 8.38. The molecular formula is C19H22N2O2. The summed E-state index contributed by atoms with van der Waals surface area (Å²) in [4.78, 5) is 12.3. The molecule has 0 unspecified atom stereocenters. The number of hydrogen-bond donors (Lipinski definition) is 1. The van der Waals surface area contributed by atoms with Gasteiger partial charge in [-0.1, -0.05) is 30.3 Å². The van der Waals surface area contributed by atoms with Crippen molar-refractivity contribution in [2.75, 3.05) is 5.73 Å². The molecule has 2 aromatic rings. The molecule has 4 nitrogen and oxygen atoms in total. The van der Waals surface area contributed by atoms with Gasteiger partial charge in [0.2, 0.25) is 0 Å². The summed E-state index contributed by atoms with van der Waals surface area (Å²) in [5.41, 5.74) is 8.64. The predicted molar refractivity (Wildman–Crippen MR) is 90.4 cm³/mol. The van der Waals surface area contributed by atoms with Gasteiger partial charge in [0, 0.05) is 12.2 Å².